The molecule has 1 fully saturated rings. The van der Waals surface area contributed by atoms with Crippen molar-refractivity contribution in [1.82, 2.24) is 19.9 Å². The minimum Gasteiger partial charge on any atom is -0.497 e. The summed E-state index contributed by atoms with van der Waals surface area (Å²) in [6.45, 7) is 3.14. The summed E-state index contributed by atoms with van der Waals surface area (Å²) in [5, 5.41) is 8.70. The summed E-state index contributed by atoms with van der Waals surface area (Å²) in [4.78, 5) is 29.2. The number of rotatable bonds is 10. The lowest BCUT2D eigenvalue weighted by molar-refractivity contribution is -0.117. The number of methoxy groups -OCH3 is 1. The Kier molecular flexibility index (Phi) is 9.17. The lowest BCUT2D eigenvalue weighted by atomic mass is 9.74. The molecule has 1 aromatic heterocycles. The largest absolute Gasteiger partial charge is 0.497 e. The second-order valence-electron chi connectivity index (χ2n) is 11.1. The van der Waals surface area contributed by atoms with Crippen LogP contribution in [0.25, 0.3) is 6.08 Å². The second-order valence-corrected chi connectivity index (χ2v) is 11.1. The van der Waals surface area contributed by atoms with Gasteiger partial charge in [0, 0.05) is 25.1 Å². The van der Waals surface area contributed by atoms with Gasteiger partial charge in [-0.1, -0.05) is 108 Å². The Balaban J connectivity index is 1.44. The van der Waals surface area contributed by atoms with E-state index < -0.39 is 11.5 Å². The van der Waals surface area contributed by atoms with Gasteiger partial charge in [-0.05, 0) is 47.4 Å². The molecule has 6 rings (SSSR count). The van der Waals surface area contributed by atoms with Crippen molar-refractivity contribution in [3.8, 4) is 5.75 Å². The zero-order valence-electron chi connectivity index (χ0n) is 26.0. The predicted molar refractivity (Wildman–Crippen MR) is 176 cm³/mol. The molecule has 8 nitrogen and oxygen atoms in total. The molecule has 0 aliphatic carbocycles. The van der Waals surface area contributed by atoms with Gasteiger partial charge in [0.1, 0.15) is 11.4 Å². The summed E-state index contributed by atoms with van der Waals surface area (Å²) in [7, 11) is 1.61. The number of aromatic nitrogens is 3. The molecule has 1 saturated heterocycles. The van der Waals surface area contributed by atoms with Gasteiger partial charge in [0.2, 0.25) is 0 Å². The average molecular weight is 613 g/mol. The van der Waals surface area contributed by atoms with Crippen LogP contribution in [0.15, 0.2) is 121 Å². The highest BCUT2D eigenvalue weighted by Gasteiger charge is 2.44. The maximum atomic E-state index is 13.6. The quantitative estimate of drug-likeness (QED) is 0.106. The van der Waals surface area contributed by atoms with Crippen molar-refractivity contribution >= 4 is 17.8 Å². The molecule has 232 valence electrons. The van der Waals surface area contributed by atoms with Crippen molar-refractivity contribution in [3.05, 3.63) is 154 Å². The normalized spacial score (nSPS) is 14.7. The summed E-state index contributed by atoms with van der Waals surface area (Å²) < 4.78 is 12.2. The average Bonchev–Trinajstić information content (AvgIpc) is 3.50. The first-order valence-corrected chi connectivity index (χ1v) is 15.4. The molecule has 0 amide bonds. The van der Waals surface area contributed by atoms with Crippen molar-refractivity contribution in [2.75, 3.05) is 26.8 Å². The fourth-order valence-corrected chi connectivity index (χ4v) is 6.28. The smallest absolute Gasteiger partial charge is 0.358 e. The molecule has 0 atom stereocenters. The third-order valence-electron chi connectivity index (χ3n) is 8.41. The summed E-state index contributed by atoms with van der Waals surface area (Å²) >= 11 is 0. The Morgan fingerprint density at radius 1 is 0.848 bits per heavy atom. The van der Waals surface area contributed by atoms with Crippen LogP contribution in [0.4, 0.5) is 0 Å². The first kappa shape index (κ1) is 30.7. The summed E-state index contributed by atoms with van der Waals surface area (Å²) in [5.74, 6) is 0.204. The van der Waals surface area contributed by atoms with E-state index in [9.17, 15) is 9.59 Å². The fraction of sp³-hybridized carbons (Fsp3) is 0.211. The molecular weight excluding hydrogens is 576 g/mol. The lowest BCUT2D eigenvalue weighted by Crippen LogP contribution is -2.52. The van der Waals surface area contributed by atoms with E-state index in [0.717, 1.165) is 28.0 Å². The summed E-state index contributed by atoms with van der Waals surface area (Å²) in [6, 6.07) is 38.7. The number of hydrogen-bond acceptors (Lipinski definition) is 7. The molecular formula is C38H36N4O4. The van der Waals surface area contributed by atoms with Crippen molar-refractivity contribution in [2.45, 2.75) is 25.4 Å². The van der Waals surface area contributed by atoms with E-state index in [4.69, 9.17) is 9.47 Å². The molecule has 0 saturated carbocycles. The highest BCUT2D eigenvalue weighted by molar-refractivity contribution is 6.02. The fourth-order valence-electron chi connectivity index (χ4n) is 6.28. The maximum Gasteiger partial charge on any atom is 0.358 e. The number of ether oxygens (including phenoxy) is 2. The number of carbonyl (C=O) groups is 2. The van der Waals surface area contributed by atoms with E-state index in [1.807, 2.05) is 42.5 Å². The first-order valence-electron chi connectivity index (χ1n) is 15.4. The molecule has 0 spiro atoms. The Hall–Kier alpha value is -5.34. The monoisotopic (exact) mass is 612 g/mol. The van der Waals surface area contributed by atoms with E-state index in [2.05, 4.69) is 88.0 Å². The first-order chi connectivity index (χ1) is 22.5. The standard InChI is InChI=1S/C38H36N4O4/c1-3-46-37(44)36-34(39-40-42(36)26-28-19-21-33(45-2)22-20-28)25-29-27-41(24-23-35(29)43)38(30-13-7-4-8-14-30,31-15-9-5-10-16-31)32-17-11-6-12-18-32/h4-22,25H,3,23-24,26-27H2,1-2H3. The summed E-state index contributed by atoms with van der Waals surface area (Å²) in [6.07, 6.45) is 2.03. The van der Waals surface area contributed by atoms with E-state index in [0.29, 0.717) is 37.3 Å². The Morgan fingerprint density at radius 3 is 1.93 bits per heavy atom. The van der Waals surface area contributed by atoms with Gasteiger partial charge in [0.15, 0.2) is 11.5 Å². The highest BCUT2D eigenvalue weighted by Crippen LogP contribution is 2.44. The minimum absolute atomic E-state index is 0.0128. The molecule has 1 aliphatic rings. The van der Waals surface area contributed by atoms with Crippen molar-refractivity contribution in [3.63, 3.8) is 0 Å². The predicted octanol–water partition coefficient (Wildman–Crippen LogP) is 6.16. The van der Waals surface area contributed by atoms with Crippen LogP contribution in [0.5, 0.6) is 5.75 Å². The number of piperidine rings is 1. The minimum atomic E-state index is -0.681. The Bertz CT molecular complexity index is 1720. The molecule has 8 heteroatoms. The second kappa shape index (κ2) is 13.7. The van der Waals surface area contributed by atoms with Crippen LogP contribution in [0.2, 0.25) is 0 Å². The Morgan fingerprint density at radius 2 is 1.41 bits per heavy atom. The van der Waals surface area contributed by atoms with E-state index >= 15 is 0 Å². The maximum absolute atomic E-state index is 13.6. The third kappa shape index (κ3) is 5.99. The van der Waals surface area contributed by atoms with Crippen LogP contribution in [0.3, 0.4) is 0 Å². The van der Waals surface area contributed by atoms with Crippen LogP contribution in [0.1, 0.15) is 51.8 Å². The number of benzene rings is 4. The molecule has 0 N–H and O–H groups in total. The number of carbonyl (C=O) groups excluding carboxylic acids is 2. The molecule has 46 heavy (non-hydrogen) atoms. The Labute approximate surface area is 268 Å². The molecule has 5 aromatic rings. The molecule has 0 radical (unpaired) electrons. The van der Waals surface area contributed by atoms with E-state index in [1.165, 1.54) is 4.68 Å². The number of Topliss-reactive ketones (excluding diaryl/α,β-unsaturated/α-hetero) is 1. The SMILES string of the molecule is CCOC(=O)c1c(C=C2CN(C(c3ccccc3)(c3ccccc3)c3ccccc3)CCC2=O)nnn1Cc1ccc(OC)cc1. The third-order valence-corrected chi connectivity index (χ3v) is 8.41. The molecule has 0 unspecified atom stereocenters. The van der Waals surface area contributed by atoms with Crippen LogP contribution in [0, 0.1) is 0 Å². The van der Waals surface area contributed by atoms with Crippen LogP contribution in [-0.4, -0.2) is 58.5 Å². The van der Waals surface area contributed by atoms with Gasteiger partial charge in [-0.2, -0.15) is 0 Å². The van der Waals surface area contributed by atoms with Gasteiger partial charge < -0.3 is 9.47 Å². The lowest BCUT2D eigenvalue weighted by Gasteiger charge is -2.47. The molecule has 0 bridgehead atoms. The van der Waals surface area contributed by atoms with Crippen LogP contribution in [-0.2, 0) is 21.6 Å². The molecule has 4 aromatic carbocycles. The van der Waals surface area contributed by atoms with Gasteiger partial charge in [-0.25, -0.2) is 9.48 Å². The number of likely N-dealkylation sites (tertiary alicyclic amines) is 1. The van der Waals surface area contributed by atoms with E-state index in [-0.39, 0.29) is 18.1 Å². The number of nitrogens with zero attached hydrogens (tertiary/aromatic N) is 4. The van der Waals surface area contributed by atoms with Gasteiger partial charge in [-0.15, -0.1) is 5.10 Å². The van der Waals surface area contributed by atoms with Crippen molar-refractivity contribution in [1.29, 1.82) is 0 Å². The number of ketones is 1. The van der Waals surface area contributed by atoms with Gasteiger partial charge in [-0.3, -0.25) is 9.69 Å². The van der Waals surface area contributed by atoms with Crippen molar-refractivity contribution < 1.29 is 19.1 Å². The number of hydrogen-bond donors (Lipinski definition) is 0. The summed E-state index contributed by atoms with van der Waals surface area (Å²) in [5.41, 5.74) is 4.59. The zero-order valence-corrected chi connectivity index (χ0v) is 26.0. The molecule has 1 aliphatic heterocycles. The van der Waals surface area contributed by atoms with Gasteiger partial charge in [0.05, 0.1) is 25.8 Å². The van der Waals surface area contributed by atoms with Gasteiger partial charge in [0.25, 0.3) is 0 Å². The van der Waals surface area contributed by atoms with Crippen LogP contribution >= 0.6 is 0 Å². The molecule has 2 heterocycles. The highest BCUT2D eigenvalue weighted by atomic mass is 16.5. The van der Waals surface area contributed by atoms with E-state index in [1.54, 1.807) is 20.1 Å². The number of esters is 1. The zero-order chi connectivity index (χ0) is 31.9. The van der Waals surface area contributed by atoms with Crippen molar-refractivity contribution in [2.24, 2.45) is 0 Å². The topological polar surface area (TPSA) is 86.5 Å². The van der Waals surface area contributed by atoms with Crippen LogP contribution < -0.4 is 4.74 Å². The van der Waals surface area contributed by atoms with Gasteiger partial charge >= 0.3 is 5.97 Å².